The van der Waals surface area contributed by atoms with Crippen LogP contribution in [0.2, 0.25) is 0 Å². The summed E-state index contributed by atoms with van der Waals surface area (Å²) >= 11 is 0. The predicted octanol–water partition coefficient (Wildman–Crippen LogP) is 3.20. The first-order valence-electron chi connectivity index (χ1n) is 7.74. The van der Waals surface area contributed by atoms with Crippen molar-refractivity contribution in [1.29, 1.82) is 0 Å². The van der Waals surface area contributed by atoms with Crippen LogP contribution in [0.1, 0.15) is 5.56 Å². The first-order chi connectivity index (χ1) is 12.2. The van der Waals surface area contributed by atoms with E-state index in [-0.39, 0.29) is 10.6 Å². The average Bonchev–Trinajstić information content (AvgIpc) is 2.59. The van der Waals surface area contributed by atoms with E-state index in [0.717, 1.165) is 17.9 Å². The molecule has 138 valence electrons. The van der Waals surface area contributed by atoms with E-state index in [0.29, 0.717) is 24.6 Å². The zero-order valence-electron chi connectivity index (χ0n) is 14.6. The molecule has 26 heavy (non-hydrogen) atoms. The molecule has 0 aliphatic heterocycles. The van der Waals surface area contributed by atoms with Gasteiger partial charge in [0.1, 0.15) is 18.0 Å². The van der Waals surface area contributed by atoms with Crippen molar-refractivity contribution in [3.63, 3.8) is 0 Å². The molecule has 0 aromatic heterocycles. The Morgan fingerprint density at radius 2 is 1.88 bits per heavy atom. The van der Waals surface area contributed by atoms with Crippen LogP contribution in [-0.2, 0) is 16.4 Å². The van der Waals surface area contributed by atoms with Crippen molar-refractivity contribution in [2.24, 2.45) is 0 Å². The highest BCUT2D eigenvalue weighted by atomic mass is 32.2. The lowest BCUT2D eigenvalue weighted by molar-refractivity contribution is -0.384. The van der Waals surface area contributed by atoms with Crippen LogP contribution in [0.5, 0.6) is 5.75 Å². The summed E-state index contributed by atoms with van der Waals surface area (Å²) in [5, 5.41) is 11.4. The highest BCUT2D eigenvalue weighted by Crippen LogP contribution is 2.31. The Morgan fingerprint density at radius 1 is 1.23 bits per heavy atom. The van der Waals surface area contributed by atoms with E-state index in [4.69, 9.17) is 4.74 Å². The molecule has 2 rings (SSSR count). The molecule has 0 atom stereocenters. The summed E-state index contributed by atoms with van der Waals surface area (Å²) in [4.78, 5) is 12.4. The molecule has 8 heteroatoms. The lowest BCUT2D eigenvalue weighted by Crippen LogP contribution is -2.18. The van der Waals surface area contributed by atoms with Gasteiger partial charge >= 0.3 is 0 Å². The summed E-state index contributed by atoms with van der Waals surface area (Å²) in [7, 11) is -1.80. The molecule has 0 amide bonds. The standard InChI is InChI=1S/C18H20N2O5S/c1-4-11-25-15-7-5-14(6-8-15)13-19(2)17-10-9-16(26(3,23)24)12-18(17)20(21)22/h4-10,12H,1,11,13H2,2-3H3. The molecule has 0 radical (unpaired) electrons. The normalized spacial score (nSPS) is 11.0. The van der Waals surface area contributed by atoms with Crippen LogP contribution in [0.3, 0.4) is 0 Å². The van der Waals surface area contributed by atoms with Gasteiger partial charge in [-0.1, -0.05) is 24.8 Å². The summed E-state index contributed by atoms with van der Waals surface area (Å²) < 4.78 is 28.7. The maximum Gasteiger partial charge on any atom is 0.293 e. The minimum atomic E-state index is -3.52. The zero-order valence-corrected chi connectivity index (χ0v) is 15.4. The van der Waals surface area contributed by atoms with Crippen molar-refractivity contribution in [1.82, 2.24) is 0 Å². The second-order valence-corrected chi connectivity index (χ2v) is 7.80. The molecular formula is C18H20N2O5S. The predicted molar refractivity (Wildman–Crippen MR) is 100 cm³/mol. The van der Waals surface area contributed by atoms with Crippen LogP contribution >= 0.6 is 0 Å². The molecule has 7 nitrogen and oxygen atoms in total. The van der Waals surface area contributed by atoms with Crippen molar-refractivity contribution < 1.29 is 18.1 Å². The zero-order chi connectivity index (χ0) is 19.3. The van der Waals surface area contributed by atoms with E-state index in [1.807, 2.05) is 24.3 Å². The average molecular weight is 376 g/mol. The summed E-state index contributed by atoms with van der Waals surface area (Å²) in [6.07, 6.45) is 2.67. The quantitative estimate of drug-likeness (QED) is 0.399. The minimum Gasteiger partial charge on any atom is -0.490 e. The highest BCUT2D eigenvalue weighted by molar-refractivity contribution is 7.90. The van der Waals surface area contributed by atoms with Gasteiger partial charge in [0.15, 0.2) is 9.84 Å². The molecule has 0 unspecified atom stereocenters. The van der Waals surface area contributed by atoms with Crippen molar-refractivity contribution >= 4 is 21.2 Å². The van der Waals surface area contributed by atoms with E-state index in [1.54, 1.807) is 18.0 Å². The molecule has 0 N–H and O–H groups in total. The van der Waals surface area contributed by atoms with Crippen molar-refractivity contribution in [3.05, 3.63) is 70.8 Å². The van der Waals surface area contributed by atoms with Gasteiger partial charge in [-0.2, -0.15) is 0 Å². The fraction of sp³-hybridized carbons (Fsp3) is 0.222. The summed E-state index contributed by atoms with van der Waals surface area (Å²) in [6.45, 7) is 4.42. The summed E-state index contributed by atoms with van der Waals surface area (Å²) in [6, 6.07) is 11.3. The Labute approximate surface area is 152 Å². The van der Waals surface area contributed by atoms with Crippen LogP contribution < -0.4 is 9.64 Å². The summed E-state index contributed by atoms with van der Waals surface area (Å²) in [5.41, 5.74) is 1.02. The number of nitrogens with zero attached hydrogens (tertiary/aromatic N) is 2. The SMILES string of the molecule is C=CCOc1ccc(CN(C)c2ccc(S(C)(=O)=O)cc2[N+](=O)[O-])cc1. The molecule has 0 aliphatic rings. The molecule has 0 saturated heterocycles. The van der Waals surface area contributed by atoms with Crippen molar-refractivity contribution in [3.8, 4) is 5.75 Å². The minimum absolute atomic E-state index is 0.0786. The molecule has 0 saturated carbocycles. The molecule has 2 aromatic rings. The van der Waals surface area contributed by atoms with E-state index in [2.05, 4.69) is 6.58 Å². The van der Waals surface area contributed by atoms with E-state index < -0.39 is 14.8 Å². The van der Waals surface area contributed by atoms with Crippen LogP contribution in [0.15, 0.2) is 60.0 Å². The Balaban J connectivity index is 2.24. The second-order valence-electron chi connectivity index (χ2n) is 5.78. The van der Waals surface area contributed by atoms with E-state index in [9.17, 15) is 18.5 Å². The second kappa shape index (κ2) is 8.01. The number of ether oxygens (including phenoxy) is 1. The van der Waals surface area contributed by atoms with Crippen LogP contribution in [0.25, 0.3) is 0 Å². The fourth-order valence-corrected chi connectivity index (χ4v) is 3.05. The molecule has 0 spiro atoms. The third kappa shape index (κ3) is 4.82. The number of rotatable bonds is 8. The molecule has 0 heterocycles. The van der Waals surface area contributed by atoms with Gasteiger partial charge in [-0.15, -0.1) is 0 Å². The molecule has 0 bridgehead atoms. The van der Waals surface area contributed by atoms with Gasteiger partial charge < -0.3 is 9.64 Å². The number of anilines is 1. The van der Waals surface area contributed by atoms with E-state index >= 15 is 0 Å². The Morgan fingerprint density at radius 3 is 2.42 bits per heavy atom. The fourth-order valence-electron chi connectivity index (χ4n) is 2.41. The number of nitro benzene ring substituents is 1. The smallest absolute Gasteiger partial charge is 0.293 e. The Kier molecular flexibility index (Phi) is 5.99. The lowest BCUT2D eigenvalue weighted by Gasteiger charge is -2.20. The first-order valence-corrected chi connectivity index (χ1v) is 9.64. The third-order valence-corrected chi connectivity index (χ3v) is 4.80. The van der Waals surface area contributed by atoms with Gasteiger partial charge in [-0.05, 0) is 29.8 Å². The number of sulfone groups is 1. The number of nitro groups is 1. The van der Waals surface area contributed by atoms with Crippen LogP contribution in [0, 0.1) is 10.1 Å². The van der Waals surface area contributed by atoms with Gasteiger partial charge in [-0.25, -0.2) is 8.42 Å². The number of hydrogen-bond donors (Lipinski definition) is 0. The molecule has 0 aliphatic carbocycles. The van der Waals surface area contributed by atoms with Gasteiger partial charge in [0.25, 0.3) is 5.69 Å². The van der Waals surface area contributed by atoms with Crippen molar-refractivity contribution in [2.75, 3.05) is 24.8 Å². The number of hydrogen-bond acceptors (Lipinski definition) is 6. The van der Waals surface area contributed by atoms with Gasteiger partial charge in [0.2, 0.25) is 0 Å². The maximum absolute atomic E-state index is 11.6. The van der Waals surface area contributed by atoms with E-state index in [1.165, 1.54) is 12.1 Å². The highest BCUT2D eigenvalue weighted by Gasteiger charge is 2.21. The molecule has 2 aromatic carbocycles. The first kappa shape index (κ1) is 19.5. The third-order valence-electron chi connectivity index (χ3n) is 3.69. The monoisotopic (exact) mass is 376 g/mol. The lowest BCUT2D eigenvalue weighted by atomic mass is 10.2. The Hall–Kier alpha value is -2.87. The molecule has 0 fully saturated rings. The topological polar surface area (TPSA) is 89.8 Å². The Bertz CT molecular complexity index is 908. The number of benzene rings is 2. The maximum atomic E-state index is 11.6. The van der Waals surface area contributed by atoms with Crippen molar-refractivity contribution in [2.45, 2.75) is 11.4 Å². The van der Waals surface area contributed by atoms with Gasteiger partial charge in [0.05, 0.1) is 9.82 Å². The van der Waals surface area contributed by atoms with Crippen LogP contribution in [0.4, 0.5) is 11.4 Å². The van der Waals surface area contributed by atoms with Gasteiger partial charge in [0, 0.05) is 25.9 Å². The molecular weight excluding hydrogens is 356 g/mol. The summed E-state index contributed by atoms with van der Waals surface area (Å²) in [5.74, 6) is 0.708. The van der Waals surface area contributed by atoms with Gasteiger partial charge in [-0.3, -0.25) is 10.1 Å². The van der Waals surface area contributed by atoms with Crippen LogP contribution in [-0.4, -0.2) is 33.3 Å². The largest absolute Gasteiger partial charge is 0.490 e.